The van der Waals surface area contributed by atoms with Crippen molar-refractivity contribution in [1.82, 2.24) is 30.1 Å². The van der Waals surface area contributed by atoms with E-state index in [0.29, 0.717) is 12.2 Å². The van der Waals surface area contributed by atoms with Gasteiger partial charge >= 0.3 is 0 Å². The van der Waals surface area contributed by atoms with E-state index in [1.165, 1.54) is 64.7 Å². The van der Waals surface area contributed by atoms with Crippen LogP contribution in [0.5, 0.6) is 0 Å². The van der Waals surface area contributed by atoms with Crippen LogP contribution in [0.25, 0.3) is 22.2 Å². The number of rotatable bonds is 11. The van der Waals surface area contributed by atoms with Crippen molar-refractivity contribution in [2.24, 2.45) is 0 Å². The van der Waals surface area contributed by atoms with E-state index < -0.39 is 0 Å². The van der Waals surface area contributed by atoms with Crippen LogP contribution in [0, 0.1) is 0 Å². The Morgan fingerprint density at radius 2 is 1.55 bits per heavy atom. The fourth-order valence-electron chi connectivity index (χ4n) is 5.53. The van der Waals surface area contributed by atoms with Crippen LogP contribution in [0.3, 0.4) is 0 Å². The lowest BCUT2D eigenvalue weighted by Gasteiger charge is -2.26. The van der Waals surface area contributed by atoms with Gasteiger partial charge in [0, 0.05) is 48.3 Å². The molecular formula is C30H41N7O. The summed E-state index contributed by atoms with van der Waals surface area (Å²) in [5, 5.41) is 7.66. The number of nitrogens with one attached hydrogen (secondary N) is 2. The molecule has 2 aliphatic rings. The number of carbonyl (C=O) groups is 1. The first-order valence-electron chi connectivity index (χ1n) is 14.4. The highest BCUT2D eigenvalue weighted by atomic mass is 16.1. The second kappa shape index (κ2) is 13.6. The van der Waals surface area contributed by atoms with Crippen molar-refractivity contribution in [1.29, 1.82) is 0 Å². The zero-order valence-electron chi connectivity index (χ0n) is 22.5. The van der Waals surface area contributed by atoms with Gasteiger partial charge in [-0.25, -0.2) is 4.98 Å². The number of nitrogens with zero attached hydrogens (tertiary/aromatic N) is 5. The third-order valence-corrected chi connectivity index (χ3v) is 7.70. The average molecular weight is 516 g/mol. The molecule has 38 heavy (non-hydrogen) atoms. The lowest BCUT2D eigenvalue weighted by molar-refractivity contribution is 0.0946. The van der Waals surface area contributed by atoms with Crippen molar-refractivity contribution in [2.45, 2.75) is 51.4 Å². The molecule has 8 nitrogen and oxygen atoms in total. The number of fused-ring (bicyclic) bond motifs is 1. The van der Waals surface area contributed by atoms with Crippen molar-refractivity contribution in [2.75, 3.05) is 57.7 Å². The molecule has 0 saturated carbocycles. The second-order valence-corrected chi connectivity index (χ2v) is 10.6. The smallest absolute Gasteiger partial charge is 0.269 e. The molecule has 2 saturated heterocycles. The highest BCUT2D eigenvalue weighted by Gasteiger charge is 2.13. The van der Waals surface area contributed by atoms with E-state index in [1.54, 1.807) is 18.5 Å². The molecule has 202 valence electrons. The van der Waals surface area contributed by atoms with Crippen LogP contribution in [0.4, 0.5) is 5.69 Å². The summed E-state index contributed by atoms with van der Waals surface area (Å²) in [6.07, 6.45) is 15.4. The van der Waals surface area contributed by atoms with E-state index in [-0.39, 0.29) is 5.91 Å². The molecule has 0 unspecified atom stereocenters. The molecule has 3 aromatic rings. The van der Waals surface area contributed by atoms with Crippen LogP contribution < -0.4 is 10.6 Å². The number of amides is 1. The Bertz CT molecular complexity index is 1170. The Morgan fingerprint density at radius 3 is 2.24 bits per heavy atom. The van der Waals surface area contributed by atoms with Crippen LogP contribution in [0.2, 0.25) is 0 Å². The van der Waals surface area contributed by atoms with Gasteiger partial charge < -0.3 is 20.4 Å². The van der Waals surface area contributed by atoms with Gasteiger partial charge in [0.15, 0.2) is 0 Å². The zero-order valence-corrected chi connectivity index (χ0v) is 22.5. The highest BCUT2D eigenvalue weighted by Crippen LogP contribution is 2.27. The summed E-state index contributed by atoms with van der Waals surface area (Å²) in [6.45, 7) is 8.58. The minimum atomic E-state index is -0.121. The minimum absolute atomic E-state index is 0.121. The number of hydrogen-bond acceptors (Lipinski definition) is 7. The van der Waals surface area contributed by atoms with Gasteiger partial charge in [-0.1, -0.05) is 12.8 Å². The van der Waals surface area contributed by atoms with E-state index in [0.717, 1.165) is 60.3 Å². The van der Waals surface area contributed by atoms with Gasteiger partial charge in [-0.05, 0) is 102 Å². The summed E-state index contributed by atoms with van der Waals surface area (Å²) >= 11 is 0. The molecule has 0 aromatic carbocycles. The zero-order chi connectivity index (χ0) is 26.0. The number of hydrogen-bond donors (Lipinski definition) is 2. The molecule has 5 rings (SSSR count). The average Bonchev–Trinajstić information content (AvgIpc) is 2.98. The molecule has 8 heteroatoms. The molecule has 5 heterocycles. The molecule has 0 spiro atoms. The number of piperidine rings is 2. The predicted molar refractivity (Wildman–Crippen MR) is 153 cm³/mol. The van der Waals surface area contributed by atoms with E-state index in [4.69, 9.17) is 4.98 Å². The molecule has 0 radical (unpaired) electrons. The second-order valence-electron chi connectivity index (χ2n) is 10.6. The number of anilines is 1. The van der Waals surface area contributed by atoms with Gasteiger partial charge in [0.1, 0.15) is 5.69 Å². The summed E-state index contributed by atoms with van der Waals surface area (Å²) < 4.78 is 0. The van der Waals surface area contributed by atoms with Crippen LogP contribution in [0.15, 0.2) is 42.9 Å². The standard InChI is InChI=1S/C30H41N7O/c38-30(33-13-8-20-37-17-5-2-6-18-37)27-10-9-24(22-34-27)28-21-29(25-23-31-14-11-26(25)35-28)32-12-7-19-36-15-3-1-4-16-36/h9-11,14,21-23H,1-8,12-13,15-20H2,(H,32,35)(H,33,38). The molecule has 0 aliphatic carbocycles. The van der Waals surface area contributed by atoms with Gasteiger partial charge in [0.05, 0.1) is 11.2 Å². The molecule has 2 fully saturated rings. The molecule has 0 atom stereocenters. The maximum absolute atomic E-state index is 12.6. The quantitative estimate of drug-likeness (QED) is 0.361. The largest absolute Gasteiger partial charge is 0.384 e. The molecule has 3 aromatic heterocycles. The van der Waals surface area contributed by atoms with Crippen molar-refractivity contribution in [3.63, 3.8) is 0 Å². The normalized spacial score (nSPS) is 16.9. The Balaban J connectivity index is 1.18. The fourth-order valence-corrected chi connectivity index (χ4v) is 5.53. The lowest BCUT2D eigenvalue weighted by atomic mass is 10.1. The topological polar surface area (TPSA) is 86.3 Å². The van der Waals surface area contributed by atoms with Gasteiger partial charge in [-0.15, -0.1) is 0 Å². The highest BCUT2D eigenvalue weighted by molar-refractivity contribution is 5.94. The van der Waals surface area contributed by atoms with Crippen molar-refractivity contribution in [3.8, 4) is 11.3 Å². The maximum Gasteiger partial charge on any atom is 0.269 e. The third-order valence-electron chi connectivity index (χ3n) is 7.70. The summed E-state index contributed by atoms with van der Waals surface area (Å²) in [5.41, 5.74) is 4.09. The molecule has 0 bridgehead atoms. The fraction of sp³-hybridized carbons (Fsp3) is 0.533. The molecular weight excluding hydrogens is 474 g/mol. The van der Waals surface area contributed by atoms with Crippen molar-refractivity contribution in [3.05, 3.63) is 48.5 Å². The van der Waals surface area contributed by atoms with Gasteiger partial charge in [-0.2, -0.15) is 0 Å². The van der Waals surface area contributed by atoms with E-state index >= 15 is 0 Å². The monoisotopic (exact) mass is 515 g/mol. The number of likely N-dealkylation sites (tertiary alicyclic amines) is 2. The van der Waals surface area contributed by atoms with Crippen LogP contribution in [-0.4, -0.2) is 83.0 Å². The summed E-state index contributed by atoms with van der Waals surface area (Å²) in [4.78, 5) is 31.3. The molecule has 2 aliphatic heterocycles. The van der Waals surface area contributed by atoms with Crippen molar-refractivity contribution < 1.29 is 4.79 Å². The summed E-state index contributed by atoms with van der Waals surface area (Å²) in [5.74, 6) is -0.121. The van der Waals surface area contributed by atoms with E-state index in [9.17, 15) is 4.79 Å². The van der Waals surface area contributed by atoms with Gasteiger partial charge in [0.2, 0.25) is 0 Å². The van der Waals surface area contributed by atoms with Gasteiger partial charge in [-0.3, -0.25) is 14.8 Å². The number of aromatic nitrogens is 3. The van der Waals surface area contributed by atoms with Crippen LogP contribution >= 0.6 is 0 Å². The lowest BCUT2D eigenvalue weighted by Crippen LogP contribution is -2.33. The Labute approximate surface area is 226 Å². The molecule has 1 amide bonds. The van der Waals surface area contributed by atoms with E-state index in [1.807, 2.05) is 18.3 Å². The van der Waals surface area contributed by atoms with Crippen molar-refractivity contribution >= 4 is 22.5 Å². The summed E-state index contributed by atoms with van der Waals surface area (Å²) in [6, 6.07) is 7.74. The first-order chi connectivity index (χ1) is 18.8. The Hall–Kier alpha value is -3.10. The maximum atomic E-state index is 12.6. The van der Waals surface area contributed by atoms with Gasteiger partial charge in [0.25, 0.3) is 5.91 Å². The first kappa shape index (κ1) is 26.5. The Kier molecular flexibility index (Phi) is 9.50. The third kappa shape index (κ3) is 7.26. The molecule has 2 N–H and O–H groups in total. The van der Waals surface area contributed by atoms with Crippen LogP contribution in [0.1, 0.15) is 61.9 Å². The predicted octanol–water partition coefficient (Wildman–Crippen LogP) is 4.59. The Morgan fingerprint density at radius 1 is 0.842 bits per heavy atom. The number of pyridine rings is 3. The minimum Gasteiger partial charge on any atom is -0.384 e. The van der Waals surface area contributed by atoms with E-state index in [2.05, 4.69) is 36.5 Å². The number of carbonyl (C=O) groups excluding carboxylic acids is 1. The first-order valence-corrected chi connectivity index (χ1v) is 14.4. The SMILES string of the molecule is O=C(NCCCN1CCCCC1)c1ccc(-c2cc(NCCCN3CCCCC3)c3cnccc3n2)cn1. The summed E-state index contributed by atoms with van der Waals surface area (Å²) in [7, 11) is 0. The van der Waals surface area contributed by atoms with Crippen LogP contribution in [-0.2, 0) is 0 Å².